The van der Waals surface area contributed by atoms with Gasteiger partial charge in [-0.2, -0.15) is 0 Å². The van der Waals surface area contributed by atoms with Crippen molar-refractivity contribution in [1.82, 2.24) is 4.90 Å². The summed E-state index contributed by atoms with van der Waals surface area (Å²) in [6.45, 7) is 2.67. The summed E-state index contributed by atoms with van der Waals surface area (Å²) >= 11 is 0. The van der Waals surface area contributed by atoms with E-state index >= 15 is 0 Å². The highest BCUT2D eigenvalue weighted by Crippen LogP contribution is 2.38. The van der Waals surface area contributed by atoms with Crippen LogP contribution in [0.1, 0.15) is 63.9 Å². The van der Waals surface area contributed by atoms with Crippen molar-refractivity contribution in [2.75, 3.05) is 20.3 Å². The summed E-state index contributed by atoms with van der Waals surface area (Å²) in [6, 6.07) is 15.2. The van der Waals surface area contributed by atoms with Crippen LogP contribution in [0.2, 0.25) is 0 Å². The van der Waals surface area contributed by atoms with E-state index in [4.69, 9.17) is 20.6 Å². The van der Waals surface area contributed by atoms with Crippen molar-refractivity contribution in [1.29, 1.82) is 5.41 Å². The summed E-state index contributed by atoms with van der Waals surface area (Å²) in [4.78, 5) is 27.7. The van der Waals surface area contributed by atoms with E-state index in [0.29, 0.717) is 30.9 Å². The maximum absolute atomic E-state index is 13.3. The molecule has 0 bridgehead atoms. The van der Waals surface area contributed by atoms with Crippen molar-refractivity contribution in [2.24, 2.45) is 17.1 Å². The summed E-state index contributed by atoms with van der Waals surface area (Å²) in [5.74, 6) is 0.890. The molecule has 7 heteroatoms. The number of methoxy groups -OCH3 is 1. The van der Waals surface area contributed by atoms with Crippen molar-refractivity contribution in [3.8, 4) is 16.9 Å². The monoisotopic (exact) mass is 505 g/mol. The van der Waals surface area contributed by atoms with Crippen LogP contribution in [0.4, 0.5) is 0 Å². The molecule has 0 aromatic heterocycles. The molecule has 1 aliphatic carbocycles. The number of esters is 1. The lowest BCUT2D eigenvalue weighted by atomic mass is 9.86. The second-order valence-electron chi connectivity index (χ2n) is 10.7. The second-order valence-corrected chi connectivity index (χ2v) is 10.7. The first-order valence-corrected chi connectivity index (χ1v) is 13.4. The molecule has 1 amide bonds. The first-order valence-electron chi connectivity index (χ1n) is 13.4. The van der Waals surface area contributed by atoms with Crippen molar-refractivity contribution < 1.29 is 19.1 Å². The number of carbonyl (C=O) groups excluding carboxylic acids is 2. The van der Waals surface area contributed by atoms with E-state index in [1.54, 1.807) is 6.92 Å². The maximum Gasteiger partial charge on any atom is 0.321 e. The molecule has 37 heavy (non-hydrogen) atoms. The Morgan fingerprint density at radius 1 is 1.05 bits per heavy atom. The van der Waals surface area contributed by atoms with Crippen LogP contribution in [-0.4, -0.2) is 48.9 Å². The lowest BCUT2D eigenvalue weighted by Crippen LogP contribution is -2.41. The van der Waals surface area contributed by atoms with Crippen molar-refractivity contribution in [3.63, 3.8) is 0 Å². The molecule has 1 heterocycles. The van der Waals surface area contributed by atoms with E-state index in [9.17, 15) is 9.59 Å². The Labute approximate surface area is 219 Å². The van der Waals surface area contributed by atoms with Crippen LogP contribution in [0, 0.1) is 16.7 Å². The van der Waals surface area contributed by atoms with E-state index in [2.05, 4.69) is 0 Å². The number of nitrogens with zero attached hydrogens (tertiary/aromatic N) is 1. The van der Waals surface area contributed by atoms with Gasteiger partial charge in [-0.25, -0.2) is 0 Å². The first-order chi connectivity index (χ1) is 17.8. The van der Waals surface area contributed by atoms with Gasteiger partial charge >= 0.3 is 5.97 Å². The molecular formula is C30H39N3O4. The topological polar surface area (TPSA) is 106 Å². The van der Waals surface area contributed by atoms with Crippen molar-refractivity contribution in [3.05, 3.63) is 54.1 Å². The van der Waals surface area contributed by atoms with Gasteiger partial charge in [-0.15, -0.1) is 0 Å². The minimum Gasteiger partial charge on any atom is -0.491 e. The number of likely N-dealkylation sites (tertiary alicyclic amines) is 1. The van der Waals surface area contributed by atoms with Gasteiger partial charge < -0.3 is 20.1 Å². The van der Waals surface area contributed by atoms with E-state index in [-0.39, 0.29) is 17.8 Å². The highest BCUT2D eigenvalue weighted by Gasteiger charge is 2.54. The van der Waals surface area contributed by atoms with Crippen LogP contribution in [0.15, 0.2) is 48.5 Å². The smallest absolute Gasteiger partial charge is 0.321 e. The number of rotatable bonds is 10. The molecule has 4 rings (SSSR count). The SMILES string of the molecule is COC(=O)[C@@]1(C)C[C@@H](COc2ccc(-c3ccc(C(=N)N)cc3)cc2)N(CCCC2CCCCC2)C1=O. The number of nitrogens with two attached hydrogens (primary N) is 1. The predicted molar refractivity (Wildman–Crippen MR) is 144 cm³/mol. The second kappa shape index (κ2) is 11.8. The molecule has 0 radical (unpaired) electrons. The van der Waals surface area contributed by atoms with E-state index in [1.807, 2.05) is 53.4 Å². The molecule has 2 atom stereocenters. The molecule has 0 spiro atoms. The van der Waals surface area contributed by atoms with Gasteiger partial charge in [0.05, 0.1) is 13.2 Å². The third-order valence-corrected chi connectivity index (χ3v) is 8.02. The van der Waals surface area contributed by atoms with Crippen LogP contribution in [0.25, 0.3) is 11.1 Å². The Kier molecular flexibility index (Phi) is 8.52. The fraction of sp³-hybridized carbons (Fsp3) is 0.500. The fourth-order valence-corrected chi connectivity index (χ4v) is 5.78. The lowest BCUT2D eigenvalue weighted by molar-refractivity contribution is -0.157. The van der Waals surface area contributed by atoms with Crippen LogP contribution in [0.3, 0.4) is 0 Å². The maximum atomic E-state index is 13.3. The number of benzene rings is 2. The molecule has 198 valence electrons. The minimum atomic E-state index is -1.16. The number of ether oxygens (including phenoxy) is 2. The van der Waals surface area contributed by atoms with E-state index < -0.39 is 11.4 Å². The molecule has 7 nitrogen and oxygen atoms in total. The van der Waals surface area contributed by atoms with Gasteiger partial charge in [-0.1, -0.05) is 68.5 Å². The number of nitrogens with one attached hydrogen (secondary N) is 1. The number of hydrogen-bond acceptors (Lipinski definition) is 5. The molecule has 3 N–H and O–H groups in total. The summed E-state index contributed by atoms with van der Waals surface area (Å²) in [7, 11) is 1.34. The molecule has 2 aromatic rings. The highest BCUT2D eigenvalue weighted by molar-refractivity contribution is 6.04. The third-order valence-electron chi connectivity index (χ3n) is 8.02. The molecule has 1 saturated carbocycles. The minimum absolute atomic E-state index is 0.0482. The molecule has 2 aromatic carbocycles. The molecule has 2 fully saturated rings. The highest BCUT2D eigenvalue weighted by atomic mass is 16.5. The van der Waals surface area contributed by atoms with Gasteiger partial charge in [-0.05, 0) is 55.4 Å². The molecule has 1 saturated heterocycles. The zero-order chi connectivity index (χ0) is 26.4. The van der Waals surface area contributed by atoms with Gasteiger partial charge in [0.25, 0.3) is 0 Å². The summed E-state index contributed by atoms with van der Waals surface area (Å²) in [6.07, 6.45) is 9.00. The molecule has 1 aliphatic heterocycles. The Morgan fingerprint density at radius 2 is 1.68 bits per heavy atom. The summed E-state index contributed by atoms with van der Waals surface area (Å²) in [5.41, 5.74) is 7.13. The van der Waals surface area contributed by atoms with Crippen LogP contribution in [-0.2, 0) is 14.3 Å². The number of carbonyl (C=O) groups is 2. The molecule has 0 unspecified atom stereocenters. The van der Waals surface area contributed by atoms with Crippen molar-refractivity contribution in [2.45, 2.75) is 64.3 Å². The Bertz CT molecular complexity index is 1090. The third kappa shape index (κ3) is 6.14. The quantitative estimate of drug-likeness (QED) is 0.201. The van der Waals surface area contributed by atoms with E-state index in [1.165, 1.54) is 39.2 Å². The fourth-order valence-electron chi connectivity index (χ4n) is 5.78. The number of amides is 1. The summed E-state index contributed by atoms with van der Waals surface area (Å²) < 4.78 is 11.1. The Morgan fingerprint density at radius 3 is 2.27 bits per heavy atom. The Hall–Kier alpha value is -3.35. The van der Waals surface area contributed by atoms with Gasteiger partial charge in [-0.3, -0.25) is 15.0 Å². The summed E-state index contributed by atoms with van der Waals surface area (Å²) in [5, 5.41) is 7.54. The standard InChI is InChI=1S/C30H39N3O4/c1-30(29(35)36-2)19-25(33(28(30)34)18-6-9-21-7-4-3-5-8-21)20-37-26-16-14-23(15-17-26)22-10-12-24(13-11-22)27(31)32/h10-17,21,25H,3-9,18-20H2,1-2H3,(H3,31,32)/t25-,30-/m0/s1. The van der Waals surface area contributed by atoms with Gasteiger partial charge in [0, 0.05) is 12.1 Å². The van der Waals surface area contributed by atoms with Gasteiger partial charge in [0.2, 0.25) is 5.91 Å². The zero-order valence-electron chi connectivity index (χ0n) is 22.0. The largest absolute Gasteiger partial charge is 0.491 e. The number of amidine groups is 1. The average Bonchev–Trinajstić information content (AvgIpc) is 3.18. The average molecular weight is 506 g/mol. The lowest BCUT2D eigenvalue weighted by Gasteiger charge is -2.27. The number of nitrogen functional groups attached to an aromatic ring is 1. The number of hydrogen-bond donors (Lipinski definition) is 2. The molecule has 2 aliphatic rings. The van der Waals surface area contributed by atoms with Crippen LogP contribution in [0.5, 0.6) is 5.75 Å². The normalized spacial score (nSPS) is 22.2. The van der Waals surface area contributed by atoms with Crippen LogP contribution < -0.4 is 10.5 Å². The molecular weight excluding hydrogens is 466 g/mol. The van der Waals surface area contributed by atoms with E-state index in [0.717, 1.165) is 29.9 Å². The van der Waals surface area contributed by atoms with Gasteiger partial charge in [0.15, 0.2) is 0 Å². The van der Waals surface area contributed by atoms with Crippen LogP contribution >= 0.6 is 0 Å². The Balaban J connectivity index is 1.39. The first kappa shape index (κ1) is 26.7. The van der Waals surface area contributed by atoms with Gasteiger partial charge in [0.1, 0.15) is 23.6 Å². The zero-order valence-corrected chi connectivity index (χ0v) is 22.0. The van der Waals surface area contributed by atoms with Crippen molar-refractivity contribution >= 4 is 17.7 Å². The predicted octanol–water partition coefficient (Wildman–Crippen LogP) is 5.16.